The molecule has 5 nitrogen and oxygen atoms in total. The van der Waals surface area contributed by atoms with Crippen molar-refractivity contribution in [2.45, 2.75) is 31.5 Å². The Labute approximate surface area is 114 Å². The van der Waals surface area contributed by atoms with E-state index in [2.05, 4.69) is 21.2 Å². The van der Waals surface area contributed by atoms with Crippen molar-refractivity contribution in [3.8, 4) is 0 Å². The van der Waals surface area contributed by atoms with Gasteiger partial charge in [0.25, 0.3) is 5.69 Å². The summed E-state index contributed by atoms with van der Waals surface area (Å²) in [7, 11) is 1.72. The van der Waals surface area contributed by atoms with E-state index in [1.165, 1.54) is 6.07 Å². The lowest BCUT2D eigenvalue weighted by Crippen LogP contribution is -2.44. The Balaban J connectivity index is 1.94. The van der Waals surface area contributed by atoms with Crippen molar-refractivity contribution >= 4 is 21.6 Å². The zero-order valence-electron chi connectivity index (χ0n) is 10.1. The zero-order valence-corrected chi connectivity index (χ0v) is 11.6. The Morgan fingerprint density at radius 3 is 2.89 bits per heavy atom. The van der Waals surface area contributed by atoms with Gasteiger partial charge in [-0.2, -0.15) is 0 Å². The zero-order chi connectivity index (χ0) is 13.1. The Kier molecular flexibility index (Phi) is 4.31. The second-order valence-electron chi connectivity index (χ2n) is 4.41. The summed E-state index contributed by atoms with van der Waals surface area (Å²) in [4.78, 5) is 10.4. The van der Waals surface area contributed by atoms with E-state index in [-0.39, 0.29) is 10.6 Å². The molecule has 0 radical (unpaired) electrons. The third-order valence-corrected chi connectivity index (χ3v) is 4.18. The van der Waals surface area contributed by atoms with Crippen LogP contribution < -0.4 is 5.32 Å². The van der Waals surface area contributed by atoms with E-state index in [1.807, 2.05) is 6.07 Å². The minimum atomic E-state index is -0.377. The van der Waals surface area contributed by atoms with Gasteiger partial charge in [0.1, 0.15) is 0 Å². The second kappa shape index (κ2) is 5.77. The molecule has 0 aliphatic heterocycles. The first-order valence-corrected chi connectivity index (χ1v) is 6.59. The highest BCUT2D eigenvalue weighted by Gasteiger charge is 2.28. The van der Waals surface area contributed by atoms with Gasteiger partial charge < -0.3 is 10.1 Å². The average molecular weight is 315 g/mol. The predicted octanol–water partition coefficient (Wildman–Crippen LogP) is 2.62. The second-order valence-corrected chi connectivity index (χ2v) is 5.21. The lowest BCUT2D eigenvalue weighted by Gasteiger charge is -2.34. The maximum Gasteiger partial charge on any atom is 0.283 e. The number of nitro benzene ring substituents is 1. The summed E-state index contributed by atoms with van der Waals surface area (Å²) in [5, 5.41) is 14.2. The summed E-state index contributed by atoms with van der Waals surface area (Å²) < 4.78 is 5.76. The van der Waals surface area contributed by atoms with Crippen LogP contribution in [-0.2, 0) is 11.3 Å². The van der Waals surface area contributed by atoms with Gasteiger partial charge in [-0.25, -0.2) is 0 Å². The molecule has 1 aliphatic carbocycles. The molecule has 0 spiro atoms. The van der Waals surface area contributed by atoms with Crippen molar-refractivity contribution in [3.63, 3.8) is 0 Å². The van der Waals surface area contributed by atoms with Gasteiger partial charge in [-0.15, -0.1) is 0 Å². The molecule has 0 heterocycles. The van der Waals surface area contributed by atoms with Gasteiger partial charge >= 0.3 is 0 Å². The highest BCUT2D eigenvalue weighted by molar-refractivity contribution is 9.10. The molecule has 0 atom stereocenters. The molecule has 98 valence electrons. The van der Waals surface area contributed by atoms with E-state index in [9.17, 15) is 10.1 Å². The molecule has 0 aromatic heterocycles. The first-order valence-electron chi connectivity index (χ1n) is 5.79. The number of halogens is 1. The van der Waals surface area contributed by atoms with Crippen molar-refractivity contribution in [1.29, 1.82) is 0 Å². The predicted molar refractivity (Wildman–Crippen MR) is 71.5 cm³/mol. The monoisotopic (exact) mass is 314 g/mol. The number of nitrogens with one attached hydrogen (secondary N) is 1. The molecule has 1 aromatic carbocycles. The molecule has 6 heteroatoms. The molecule has 0 bridgehead atoms. The molecule has 0 unspecified atom stereocenters. The Morgan fingerprint density at radius 1 is 1.56 bits per heavy atom. The number of ether oxygens (including phenoxy) is 1. The lowest BCUT2D eigenvalue weighted by atomic mass is 9.89. The van der Waals surface area contributed by atoms with Crippen LogP contribution in [0.2, 0.25) is 0 Å². The molecule has 18 heavy (non-hydrogen) atoms. The van der Waals surface area contributed by atoms with Gasteiger partial charge in [-0.1, -0.05) is 12.1 Å². The molecule has 1 saturated carbocycles. The third-order valence-electron chi connectivity index (χ3n) is 3.26. The van der Waals surface area contributed by atoms with Crippen molar-refractivity contribution < 1.29 is 9.66 Å². The molecule has 2 rings (SSSR count). The van der Waals surface area contributed by atoms with Gasteiger partial charge in [0.2, 0.25) is 0 Å². The van der Waals surface area contributed by atoms with Crippen LogP contribution >= 0.6 is 15.9 Å². The highest BCUT2D eigenvalue weighted by atomic mass is 79.9. The lowest BCUT2D eigenvalue weighted by molar-refractivity contribution is -0.385. The van der Waals surface area contributed by atoms with Crippen LogP contribution in [0.4, 0.5) is 5.69 Å². The van der Waals surface area contributed by atoms with Crippen LogP contribution in [0.15, 0.2) is 22.7 Å². The SMILES string of the molecule is COC1CC(NCc2cccc([N+](=O)[O-])c2Br)C1. The van der Waals surface area contributed by atoms with Crippen LogP contribution in [-0.4, -0.2) is 24.2 Å². The normalized spacial score (nSPS) is 22.6. The summed E-state index contributed by atoms with van der Waals surface area (Å²) in [6, 6.07) is 5.54. The van der Waals surface area contributed by atoms with Crippen molar-refractivity contribution in [3.05, 3.63) is 38.3 Å². The number of methoxy groups -OCH3 is 1. The minimum Gasteiger partial charge on any atom is -0.381 e. The van der Waals surface area contributed by atoms with Gasteiger partial charge in [-0.3, -0.25) is 10.1 Å². The van der Waals surface area contributed by atoms with E-state index < -0.39 is 0 Å². The summed E-state index contributed by atoms with van der Waals surface area (Å²) in [5.41, 5.74) is 1.02. The van der Waals surface area contributed by atoms with Gasteiger partial charge in [0, 0.05) is 25.8 Å². The summed E-state index contributed by atoms with van der Waals surface area (Å²) in [6.07, 6.45) is 2.36. The number of nitrogens with zero attached hydrogens (tertiary/aromatic N) is 1. The summed E-state index contributed by atoms with van der Waals surface area (Å²) >= 11 is 3.29. The van der Waals surface area contributed by atoms with Gasteiger partial charge in [0.15, 0.2) is 0 Å². The molecule has 0 saturated heterocycles. The molecular formula is C12H15BrN2O3. The van der Waals surface area contributed by atoms with E-state index in [4.69, 9.17) is 4.74 Å². The van der Waals surface area contributed by atoms with Crippen LogP contribution in [0, 0.1) is 10.1 Å². The third kappa shape index (κ3) is 2.88. The fourth-order valence-electron chi connectivity index (χ4n) is 2.02. The fraction of sp³-hybridized carbons (Fsp3) is 0.500. The summed E-state index contributed by atoms with van der Waals surface area (Å²) in [5.74, 6) is 0. The van der Waals surface area contributed by atoms with E-state index in [1.54, 1.807) is 13.2 Å². The first-order chi connectivity index (χ1) is 8.61. The van der Waals surface area contributed by atoms with Gasteiger partial charge in [-0.05, 0) is 34.3 Å². The number of hydrogen-bond donors (Lipinski definition) is 1. The molecule has 0 amide bonds. The standard InChI is InChI=1S/C12H15BrN2O3/c1-18-10-5-9(6-10)14-7-8-3-2-4-11(12(8)13)15(16)17/h2-4,9-10,14H,5-7H2,1H3. The molecule has 1 aliphatic rings. The van der Waals surface area contributed by atoms with Crippen molar-refractivity contribution in [1.82, 2.24) is 5.32 Å². The minimum absolute atomic E-state index is 0.109. The Hall–Kier alpha value is -0.980. The van der Waals surface area contributed by atoms with E-state index in [0.29, 0.717) is 23.2 Å². The van der Waals surface area contributed by atoms with Crippen LogP contribution in [0.1, 0.15) is 18.4 Å². The Morgan fingerprint density at radius 2 is 2.28 bits per heavy atom. The highest BCUT2D eigenvalue weighted by Crippen LogP contribution is 2.29. The number of rotatable bonds is 5. The smallest absolute Gasteiger partial charge is 0.283 e. The quantitative estimate of drug-likeness (QED) is 0.670. The number of hydrogen-bond acceptors (Lipinski definition) is 4. The number of benzene rings is 1. The first kappa shape index (κ1) is 13.5. The summed E-state index contributed by atoms with van der Waals surface area (Å²) in [6.45, 7) is 0.628. The van der Waals surface area contributed by atoms with Crippen LogP contribution in [0.5, 0.6) is 0 Å². The van der Waals surface area contributed by atoms with E-state index in [0.717, 1.165) is 18.4 Å². The molecule has 1 N–H and O–H groups in total. The topological polar surface area (TPSA) is 64.4 Å². The fourth-order valence-corrected chi connectivity index (χ4v) is 2.57. The van der Waals surface area contributed by atoms with Crippen molar-refractivity contribution in [2.24, 2.45) is 0 Å². The Bertz CT molecular complexity index is 447. The molecule has 1 aromatic rings. The van der Waals surface area contributed by atoms with Crippen LogP contribution in [0.3, 0.4) is 0 Å². The molecule has 1 fully saturated rings. The largest absolute Gasteiger partial charge is 0.381 e. The maximum absolute atomic E-state index is 10.8. The van der Waals surface area contributed by atoms with Crippen LogP contribution in [0.25, 0.3) is 0 Å². The van der Waals surface area contributed by atoms with E-state index >= 15 is 0 Å². The number of nitro groups is 1. The maximum atomic E-state index is 10.8. The van der Waals surface area contributed by atoms with Crippen molar-refractivity contribution in [2.75, 3.05) is 7.11 Å². The average Bonchev–Trinajstić information content (AvgIpc) is 2.29. The van der Waals surface area contributed by atoms with Gasteiger partial charge in [0.05, 0.1) is 15.5 Å². The molecular weight excluding hydrogens is 300 g/mol.